The highest BCUT2D eigenvalue weighted by atomic mass is 32.2. The molecule has 1 rings (SSSR count). The SMILES string of the molecule is CC(=O)NS(=O)(=O)c1ccc([N+](=O)[O-])cc1. The Labute approximate surface area is 91.3 Å². The van der Waals surface area contributed by atoms with Gasteiger partial charge in [-0.05, 0) is 12.1 Å². The molecule has 1 aromatic rings. The van der Waals surface area contributed by atoms with E-state index >= 15 is 0 Å². The number of hydrogen-bond acceptors (Lipinski definition) is 5. The van der Waals surface area contributed by atoms with Gasteiger partial charge in [0.15, 0.2) is 0 Å². The summed E-state index contributed by atoms with van der Waals surface area (Å²) in [5.74, 6) is -0.724. The quantitative estimate of drug-likeness (QED) is 0.612. The Morgan fingerprint density at radius 2 is 1.81 bits per heavy atom. The number of non-ortho nitro benzene ring substituents is 1. The van der Waals surface area contributed by atoms with Crippen molar-refractivity contribution in [3.63, 3.8) is 0 Å². The third-order valence-corrected chi connectivity index (χ3v) is 3.08. The van der Waals surface area contributed by atoms with Crippen molar-refractivity contribution in [1.29, 1.82) is 0 Å². The van der Waals surface area contributed by atoms with Crippen molar-refractivity contribution in [2.24, 2.45) is 0 Å². The molecule has 86 valence electrons. The predicted octanol–water partition coefficient (Wildman–Crippen LogP) is 0.420. The van der Waals surface area contributed by atoms with Crippen LogP contribution in [0.5, 0.6) is 0 Å². The molecule has 0 aromatic heterocycles. The minimum absolute atomic E-state index is 0.201. The molecule has 8 heteroatoms. The molecule has 0 aliphatic rings. The van der Waals surface area contributed by atoms with Crippen LogP contribution in [0.2, 0.25) is 0 Å². The largest absolute Gasteiger partial charge is 0.274 e. The van der Waals surface area contributed by atoms with Gasteiger partial charge in [0, 0.05) is 19.1 Å². The summed E-state index contributed by atoms with van der Waals surface area (Å²) >= 11 is 0. The average Bonchev–Trinajstić information content (AvgIpc) is 2.16. The van der Waals surface area contributed by atoms with Crippen LogP contribution in [-0.2, 0) is 14.8 Å². The van der Waals surface area contributed by atoms with E-state index in [1.807, 2.05) is 0 Å². The van der Waals surface area contributed by atoms with E-state index in [9.17, 15) is 23.3 Å². The van der Waals surface area contributed by atoms with Crippen molar-refractivity contribution >= 4 is 21.6 Å². The third-order valence-electron chi connectivity index (χ3n) is 1.64. The highest BCUT2D eigenvalue weighted by Crippen LogP contribution is 2.15. The van der Waals surface area contributed by atoms with Gasteiger partial charge in [0.25, 0.3) is 15.7 Å². The van der Waals surface area contributed by atoms with E-state index in [1.54, 1.807) is 4.72 Å². The highest BCUT2D eigenvalue weighted by molar-refractivity contribution is 7.90. The number of carbonyl (C=O) groups is 1. The second kappa shape index (κ2) is 4.27. The summed E-state index contributed by atoms with van der Waals surface area (Å²) in [5.41, 5.74) is -0.221. The summed E-state index contributed by atoms with van der Waals surface area (Å²) in [6, 6.07) is 4.22. The fraction of sp³-hybridized carbons (Fsp3) is 0.125. The molecule has 0 bridgehead atoms. The van der Waals surface area contributed by atoms with Gasteiger partial charge in [-0.3, -0.25) is 14.9 Å². The fourth-order valence-electron chi connectivity index (χ4n) is 0.995. The lowest BCUT2D eigenvalue weighted by Crippen LogP contribution is -2.28. The Hall–Kier alpha value is -1.96. The number of nitro groups is 1. The molecule has 0 heterocycles. The maximum Gasteiger partial charge on any atom is 0.269 e. The smallest absolute Gasteiger partial charge is 0.269 e. The second-order valence-electron chi connectivity index (χ2n) is 2.91. The summed E-state index contributed by atoms with van der Waals surface area (Å²) in [4.78, 5) is 20.1. The van der Waals surface area contributed by atoms with Crippen molar-refractivity contribution in [2.75, 3.05) is 0 Å². The zero-order valence-corrected chi connectivity index (χ0v) is 9.02. The normalized spacial score (nSPS) is 10.8. The van der Waals surface area contributed by atoms with E-state index in [4.69, 9.17) is 0 Å². The number of amides is 1. The molecule has 0 atom stereocenters. The van der Waals surface area contributed by atoms with E-state index in [2.05, 4.69) is 0 Å². The summed E-state index contributed by atoms with van der Waals surface area (Å²) in [6.45, 7) is 1.06. The van der Waals surface area contributed by atoms with E-state index in [0.717, 1.165) is 31.2 Å². The van der Waals surface area contributed by atoms with Crippen molar-refractivity contribution in [3.05, 3.63) is 34.4 Å². The molecule has 0 saturated heterocycles. The van der Waals surface area contributed by atoms with Crippen molar-refractivity contribution in [2.45, 2.75) is 11.8 Å². The van der Waals surface area contributed by atoms with Gasteiger partial charge >= 0.3 is 0 Å². The number of nitrogens with one attached hydrogen (secondary N) is 1. The predicted molar refractivity (Wildman–Crippen MR) is 54.1 cm³/mol. The van der Waals surface area contributed by atoms with E-state index < -0.39 is 20.9 Å². The van der Waals surface area contributed by atoms with E-state index in [1.165, 1.54) is 0 Å². The van der Waals surface area contributed by atoms with Crippen LogP contribution < -0.4 is 4.72 Å². The number of carbonyl (C=O) groups excluding carboxylic acids is 1. The molecule has 1 N–H and O–H groups in total. The molecule has 0 fully saturated rings. The summed E-state index contributed by atoms with van der Waals surface area (Å²) < 4.78 is 24.6. The first-order valence-corrected chi connectivity index (χ1v) is 5.59. The second-order valence-corrected chi connectivity index (χ2v) is 4.60. The Morgan fingerprint density at radius 1 is 1.31 bits per heavy atom. The van der Waals surface area contributed by atoms with Crippen LogP contribution in [0.25, 0.3) is 0 Å². The molecule has 1 amide bonds. The number of benzene rings is 1. The molecule has 0 aliphatic heterocycles. The first kappa shape index (κ1) is 12.1. The van der Waals surface area contributed by atoms with Crippen molar-refractivity contribution in [1.82, 2.24) is 4.72 Å². The standard InChI is InChI=1S/C8H8N2O5S/c1-6(11)9-16(14,15)8-4-2-7(3-5-8)10(12)13/h2-5H,1H3,(H,9,11). The van der Waals surface area contributed by atoms with Gasteiger partial charge in [0.2, 0.25) is 5.91 Å². The molecule has 7 nitrogen and oxygen atoms in total. The van der Waals surface area contributed by atoms with E-state index in [0.29, 0.717) is 0 Å². The Bertz CT molecular complexity index is 520. The molecule has 16 heavy (non-hydrogen) atoms. The molecule has 0 radical (unpaired) electrons. The molecule has 0 saturated carbocycles. The van der Waals surface area contributed by atoms with Gasteiger partial charge in [-0.1, -0.05) is 0 Å². The Balaban J connectivity index is 3.07. The van der Waals surface area contributed by atoms with Crippen LogP contribution in [0.15, 0.2) is 29.2 Å². The third kappa shape index (κ3) is 2.76. The van der Waals surface area contributed by atoms with Crippen molar-refractivity contribution in [3.8, 4) is 0 Å². The van der Waals surface area contributed by atoms with Gasteiger partial charge in [0.1, 0.15) is 0 Å². The van der Waals surface area contributed by atoms with E-state index in [-0.39, 0.29) is 10.6 Å². The number of sulfonamides is 1. The molecule has 0 unspecified atom stereocenters. The van der Waals surface area contributed by atoms with Crippen LogP contribution >= 0.6 is 0 Å². The average molecular weight is 244 g/mol. The lowest BCUT2D eigenvalue weighted by molar-refractivity contribution is -0.384. The summed E-state index contributed by atoms with van der Waals surface area (Å²) in [5, 5.41) is 10.3. The van der Waals surface area contributed by atoms with Gasteiger partial charge in [-0.25, -0.2) is 13.1 Å². The minimum Gasteiger partial charge on any atom is -0.274 e. The van der Waals surface area contributed by atoms with Gasteiger partial charge in [-0.15, -0.1) is 0 Å². The van der Waals surface area contributed by atoms with Crippen LogP contribution in [0.4, 0.5) is 5.69 Å². The number of rotatable bonds is 3. The maximum atomic E-state index is 11.4. The van der Waals surface area contributed by atoms with Gasteiger partial charge in [0.05, 0.1) is 9.82 Å². The molecular formula is C8H8N2O5S. The first-order valence-electron chi connectivity index (χ1n) is 4.11. The van der Waals surface area contributed by atoms with Crippen molar-refractivity contribution < 1.29 is 18.1 Å². The molecule has 1 aromatic carbocycles. The minimum atomic E-state index is -3.92. The maximum absolute atomic E-state index is 11.4. The zero-order chi connectivity index (χ0) is 12.3. The number of hydrogen-bond donors (Lipinski definition) is 1. The molecular weight excluding hydrogens is 236 g/mol. The lowest BCUT2D eigenvalue weighted by Gasteiger charge is -2.03. The lowest BCUT2D eigenvalue weighted by atomic mass is 10.3. The number of nitro benzene ring substituents is 1. The van der Waals surface area contributed by atoms with Gasteiger partial charge in [-0.2, -0.15) is 0 Å². The monoisotopic (exact) mass is 244 g/mol. The Kier molecular flexibility index (Phi) is 3.23. The summed E-state index contributed by atoms with van der Waals surface area (Å²) in [6.07, 6.45) is 0. The fourth-order valence-corrected chi connectivity index (χ4v) is 1.99. The first-order chi connectivity index (χ1) is 7.33. The number of nitrogens with zero attached hydrogens (tertiary/aromatic N) is 1. The topological polar surface area (TPSA) is 106 Å². The molecule has 0 aliphatic carbocycles. The Morgan fingerprint density at radius 3 is 2.19 bits per heavy atom. The van der Waals surface area contributed by atoms with Crippen LogP contribution in [-0.4, -0.2) is 19.2 Å². The summed E-state index contributed by atoms with van der Waals surface area (Å²) in [7, 11) is -3.92. The molecule has 0 spiro atoms. The van der Waals surface area contributed by atoms with Crippen LogP contribution in [0.3, 0.4) is 0 Å². The van der Waals surface area contributed by atoms with Crippen LogP contribution in [0, 0.1) is 10.1 Å². The zero-order valence-electron chi connectivity index (χ0n) is 8.21. The highest BCUT2D eigenvalue weighted by Gasteiger charge is 2.16. The van der Waals surface area contributed by atoms with Crippen LogP contribution in [0.1, 0.15) is 6.92 Å². The van der Waals surface area contributed by atoms with Gasteiger partial charge < -0.3 is 0 Å².